The highest BCUT2D eigenvalue weighted by molar-refractivity contribution is 5.83. The molecular formula is C13H17NO2. The van der Waals surface area contributed by atoms with Crippen LogP contribution in [0.1, 0.15) is 31.9 Å². The standard InChI is InChI=1S/C13H17NO2/c1-3-16-13-9-12(15)14(13)10(2)11-7-5-4-6-8-11/h4-8,10,13H,3,9H2,1-2H3/t10-,13-/m0/s1. The number of β-lactam (4-membered cyclic amide) rings is 1. The maximum atomic E-state index is 11.6. The summed E-state index contributed by atoms with van der Waals surface area (Å²) in [6, 6.07) is 10.1. The number of rotatable bonds is 4. The summed E-state index contributed by atoms with van der Waals surface area (Å²) in [4.78, 5) is 13.4. The maximum Gasteiger partial charge on any atom is 0.229 e. The van der Waals surface area contributed by atoms with E-state index in [1.54, 1.807) is 0 Å². The van der Waals surface area contributed by atoms with E-state index in [1.165, 1.54) is 0 Å². The molecule has 3 nitrogen and oxygen atoms in total. The smallest absolute Gasteiger partial charge is 0.229 e. The van der Waals surface area contributed by atoms with Gasteiger partial charge in [0.15, 0.2) is 0 Å². The Labute approximate surface area is 96.0 Å². The fourth-order valence-corrected chi connectivity index (χ4v) is 2.09. The van der Waals surface area contributed by atoms with Gasteiger partial charge in [-0.15, -0.1) is 0 Å². The average Bonchev–Trinajstić information content (AvgIpc) is 2.29. The summed E-state index contributed by atoms with van der Waals surface area (Å²) in [6.07, 6.45) is 0.484. The number of nitrogens with zero attached hydrogens (tertiary/aromatic N) is 1. The molecule has 1 aromatic rings. The van der Waals surface area contributed by atoms with E-state index in [-0.39, 0.29) is 18.2 Å². The molecule has 16 heavy (non-hydrogen) atoms. The Kier molecular flexibility index (Phi) is 3.25. The predicted molar refractivity (Wildman–Crippen MR) is 61.7 cm³/mol. The van der Waals surface area contributed by atoms with Gasteiger partial charge in [0.1, 0.15) is 6.23 Å². The van der Waals surface area contributed by atoms with E-state index in [1.807, 2.05) is 49.1 Å². The molecule has 1 aromatic carbocycles. The molecule has 1 heterocycles. The average molecular weight is 219 g/mol. The summed E-state index contributed by atoms with van der Waals surface area (Å²) in [7, 11) is 0. The second-order valence-corrected chi connectivity index (χ2v) is 4.00. The number of amides is 1. The Morgan fingerprint density at radius 1 is 1.44 bits per heavy atom. The van der Waals surface area contributed by atoms with Crippen molar-refractivity contribution in [3.63, 3.8) is 0 Å². The van der Waals surface area contributed by atoms with E-state index in [4.69, 9.17) is 4.74 Å². The molecule has 0 saturated carbocycles. The van der Waals surface area contributed by atoms with E-state index in [2.05, 4.69) is 0 Å². The van der Waals surface area contributed by atoms with E-state index < -0.39 is 0 Å². The molecule has 3 heteroatoms. The van der Waals surface area contributed by atoms with Gasteiger partial charge in [-0.25, -0.2) is 0 Å². The number of carbonyl (C=O) groups excluding carboxylic acids is 1. The molecule has 1 aliphatic rings. The zero-order valence-electron chi connectivity index (χ0n) is 9.72. The van der Waals surface area contributed by atoms with Gasteiger partial charge in [-0.2, -0.15) is 0 Å². The van der Waals surface area contributed by atoms with Crippen molar-refractivity contribution in [1.29, 1.82) is 0 Å². The largest absolute Gasteiger partial charge is 0.358 e. The zero-order valence-corrected chi connectivity index (χ0v) is 9.72. The van der Waals surface area contributed by atoms with Crippen LogP contribution in [0.3, 0.4) is 0 Å². The summed E-state index contributed by atoms with van der Waals surface area (Å²) in [6.45, 7) is 4.64. The molecular weight excluding hydrogens is 202 g/mol. The molecule has 1 fully saturated rings. The molecule has 0 radical (unpaired) electrons. The summed E-state index contributed by atoms with van der Waals surface area (Å²) >= 11 is 0. The fraction of sp³-hybridized carbons (Fsp3) is 0.462. The SMILES string of the molecule is CCO[C@H]1CC(=O)N1[C@@H](C)c1ccccc1. The van der Waals surface area contributed by atoms with Crippen molar-refractivity contribution < 1.29 is 9.53 Å². The van der Waals surface area contributed by atoms with Crippen molar-refractivity contribution in [2.24, 2.45) is 0 Å². The van der Waals surface area contributed by atoms with Gasteiger partial charge in [-0.1, -0.05) is 30.3 Å². The van der Waals surface area contributed by atoms with Crippen LogP contribution in [0.25, 0.3) is 0 Å². The summed E-state index contributed by atoms with van der Waals surface area (Å²) in [5.41, 5.74) is 1.15. The van der Waals surface area contributed by atoms with Crippen LogP contribution in [0, 0.1) is 0 Å². The molecule has 2 rings (SSSR count). The lowest BCUT2D eigenvalue weighted by Gasteiger charge is -2.43. The van der Waals surface area contributed by atoms with Crippen molar-refractivity contribution >= 4 is 5.91 Å². The first kappa shape index (κ1) is 11.1. The van der Waals surface area contributed by atoms with Gasteiger partial charge in [-0.3, -0.25) is 4.79 Å². The highest BCUT2D eigenvalue weighted by atomic mass is 16.5. The highest BCUT2D eigenvalue weighted by Crippen LogP contribution is 2.31. The first-order valence-corrected chi connectivity index (χ1v) is 5.71. The fourth-order valence-electron chi connectivity index (χ4n) is 2.09. The Morgan fingerprint density at radius 2 is 2.12 bits per heavy atom. The van der Waals surface area contributed by atoms with Crippen LogP contribution in [-0.2, 0) is 9.53 Å². The van der Waals surface area contributed by atoms with Crippen molar-refractivity contribution in [3.8, 4) is 0 Å². The van der Waals surface area contributed by atoms with Gasteiger partial charge in [0.05, 0.1) is 12.5 Å². The molecule has 0 bridgehead atoms. The van der Waals surface area contributed by atoms with Gasteiger partial charge in [0.2, 0.25) is 5.91 Å². The van der Waals surface area contributed by atoms with Gasteiger partial charge in [-0.05, 0) is 19.4 Å². The number of hydrogen-bond acceptors (Lipinski definition) is 2. The first-order valence-electron chi connectivity index (χ1n) is 5.71. The van der Waals surface area contributed by atoms with E-state index >= 15 is 0 Å². The molecule has 0 spiro atoms. The van der Waals surface area contributed by atoms with Crippen LogP contribution in [0.4, 0.5) is 0 Å². The van der Waals surface area contributed by atoms with Crippen molar-refractivity contribution in [1.82, 2.24) is 4.90 Å². The first-order chi connectivity index (χ1) is 7.74. The molecule has 1 aliphatic heterocycles. The molecule has 2 atom stereocenters. The lowest BCUT2D eigenvalue weighted by molar-refractivity contribution is -0.180. The number of benzene rings is 1. The van der Waals surface area contributed by atoms with E-state index in [0.29, 0.717) is 13.0 Å². The van der Waals surface area contributed by atoms with Gasteiger partial charge in [0, 0.05) is 6.61 Å². The normalized spacial score (nSPS) is 21.8. The third kappa shape index (κ3) is 1.95. The quantitative estimate of drug-likeness (QED) is 0.727. The van der Waals surface area contributed by atoms with Crippen LogP contribution in [-0.4, -0.2) is 23.6 Å². The van der Waals surface area contributed by atoms with E-state index in [9.17, 15) is 4.79 Å². The van der Waals surface area contributed by atoms with Crippen molar-refractivity contribution in [2.75, 3.05) is 6.61 Å². The van der Waals surface area contributed by atoms with Gasteiger partial charge >= 0.3 is 0 Å². The number of hydrogen-bond donors (Lipinski definition) is 0. The minimum atomic E-state index is -0.0345. The molecule has 0 unspecified atom stereocenters. The Hall–Kier alpha value is -1.35. The second-order valence-electron chi connectivity index (χ2n) is 4.00. The van der Waals surface area contributed by atoms with Crippen molar-refractivity contribution in [2.45, 2.75) is 32.5 Å². The maximum absolute atomic E-state index is 11.6. The van der Waals surface area contributed by atoms with E-state index in [0.717, 1.165) is 5.56 Å². The molecule has 0 aliphatic carbocycles. The van der Waals surface area contributed by atoms with Crippen molar-refractivity contribution in [3.05, 3.63) is 35.9 Å². The topological polar surface area (TPSA) is 29.5 Å². The molecule has 1 saturated heterocycles. The van der Waals surface area contributed by atoms with Gasteiger partial charge < -0.3 is 9.64 Å². The van der Waals surface area contributed by atoms with Crippen LogP contribution >= 0.6 is 0 Å². The third-order valence-electron chi connectivity index (χ3n) is 3.01. The predicted octanol–water partition coefficient (Wildman–Crippen LogP) is 2.34. The number of ether oxygens (including phenoxy) is 1. The Bertz CT molecular complexity index is 363. The summed E-state index contributed by atoms with van der Waals surface area (Å²) < 4.78 is 5.51. The number of likely N-dealkylation sites (tertiary alicyclic amines) is 1. The minimum Gasteiger partial charge on any atom is -0.358 e. The van der Waals surface area contributed by atoms with Crippen LogP contribution in [0.15, 0.2) is 30.3 Å². The summed E-state index contributed by atoms with van der Waals surface area (Å²) in [5.74, 6) is 0.176. The molecule has 1 amide bonds. The lowest BCUT2D eigenvalue weighted by Crippen LogP contribution is -2.54. The summed E-state index contributed by atoms with van der Waals surface area (Å²) in [5, 5.41) is 0. The van der Waals surface area contributed by atoms with Crippen LogP contribution in [0.5, 0.6) is 0 Å². The second kappa shape index (κ2) is 4.66. The minimum absolute atomic E-state index is 0.0345. The Morgan fingerprint density at radius 3 is 2.69 bits per heavy atom. The number of carbonyl (C=O) groups is 1. The highest BCUT2D eigenvalue weighted by Gasteiger charge is 2.40. The monoisotopic (exact) mass is 219 g/mol. The molecule has 86 valence electrons. The lowest BCUT2D eigenvalue weighted by atomic mass is 10.0. The third-order valence-corrected chi connectivity index (χ3v) is 3.01. The Balaban J connectivity index is 2.09. The molecule has 0 N–H and O–H groups in total. The molecule has 0 aromatic heterocycles. The van der Waals surface area contributed by atoms with Gasteiger partial charge in [0.25, 0.3) is 0 Å². The van der Waals surface area contributed by atoms with Crippen LogP contribution in [0.2, 0.25) is 0 Å². The zero-order chi connectivity index (χ0) is 11.5. The van der Waals surface area contributed by atoms with Crippen LogP contribution < -0.4 is 0 Å².